The van der Waals surface area contributed by atoms with E-state index in [4.69, 9.17) is 11.6 Å². The van der Waals surface area contributed by atoms with E-state index in [1.54, 1.807) is 6.33 Å². The standard InChI is InChI=1S/C25H34ClN5O/c1-17(2)27-15-20(18-5-7-19(26)8-6-18)24(32)31-13-11-30(12-14-31)23-22-21(28-16-29-23)9-10-25(22,3)4/h5-8,16-17,20,27H,9-15H2,1-4H3/t20-/m1/s1. The SMILES string of the molecule is CC(C)NC[C@@H](C(=O)N1CCN(c2ncnc3c2C(C)(C)CC3)CC1)c1ccc(Cl)cc1. The molecule has 32 heavy (non-hydrogen) atoms. The van der Waals surface area contributed by atoms with Crippen molar-refractivity contribution in [2.75, 3.05) is 37.6 Å². The van der Waals surface area contributed by atoms with E-state index in [2.05, 4.69) is 47.9 Å². The van der Waals surface area contributed by atoms with Crippen molar-refractivity contribution >= 4 is 23.3 Å². The number of benzene rings is 1. The fourth-order valence-electron chi connectivity index (χ4n) is 4.85. The summed E-state index contributed by atoms with van der Waals surface area (Å²) in [4.78, 5) is 27.1. The average molecular weight is 456 g/mol. The predicted octanol–water partition coefficient (Wildman–Crippen LogP) is 3.78. The van der Waals surface area contributed by atoms with Crippen LogP contribution in [0.2, 0.25) is 5.02 Å². The summed E-state index contributed by atoms with van der Waals surface area (Å²) in [6.45, 7) is 12.4. The Morgan fingerprint density at radius 2 is 1.81 bits per heavy atom. The first-order chi connectivity index (χ1) is 15.3. The molecule has 4 rings (SSSR count). The lowest BCUT2D eigenvalue weighted by Gasteiger charge is -2.38. The third-order valence-corrected chi connectivity index (χ3v) is 7.01. The molecular formula is C25H34ClN5O. The summed E-state index contributed by atoms with van der Waals surface area (Å²) in [6, 6.07) is 7.98. The molecule has 1 aliphatic carbocycles. The summed E-state index contributed by atoms with van der Waals surface area (Å²) in [5.41, 5.74) is 3.58. The van der Waals surface area contributed by atoms with Crippen molar-refractivity contribution in [1.29, 1.82) is 0 Å². The lowest BCUT2D eigenvalue weighted by Crippen LogP contribution is -2.51. The van der Waals surface area contributed by atoms with Gasteiger partial charge in [-0.15, -0.1) is 0 Å². The molecule has 0 unspecified atom stereocenters. The second kappa shape index (κ2) is 9.36. The van der Waals surface area contributed by atoms with E-state index in [0.29, 0.717) is 30.7 Å². The van der Waals surface area contributed by atoms with Gasteiger partial charge < -0.3 is 15.1 Å². The fourth-order valence-corrected chi connectivity index (χ4v) is 4.97. The third kappa shape index (κ3) is 4.76. The van der Waals surface area contributed by atoms with Gasteiger partial charge in [0.2, 0.25) is 5.91 Å². The van der Waals surface area contributed by atoms with Gasteiger partial charge in [0.15, 0.2) is 0 Å². The quantitative estimate of drug-likeness (QED) is 0.718. The van der Waals surface area contributed by atoms with Gasteiger partial charge in [-0.3, -0.25) is 4.79 Å². The molecule has 1 aromatic heterocycles. The molecule has 1 saturated heterocycles. The zero-order chi connectivity index (χ0) is 22.9. The zero-order valence-electron chi connectivity index (χ0n) is 19.6. The van der Waals surface area contributed by atoms with Crippen molar-refractivity contribution in [3.05, 3.63) is 52.4 Å². The van der Waals surface area contributed by atoms with Gasteiger partial charge in [-0.05, 0) is 36.0 Å². The van der Waals surface area contributed by atoms with Gasteiger partial charge in [-0.1, -0.05) is 51.4 Å². The molecule has 2 aliphatic rings. The number of anilines is 1. The Morgan fingerprint density at radius 3 is 2.47 bits per heavy atom. The predicted molar refractivity (Wildman–Crippen MR) is 130 cm³/mol. The molecular weight excluding hydrogens is 422 g/mol. The first-order valence-electron chi connectivity index (χ1n) is 11.6. The third-order valence-electron chi connectivity index (χ3n) is 6.76. The molecule has 0 spiro atoms. The summed E-state index contributed by atoms with van der Waals surface area (Å²) >= 11 is 6.08. The number of amides is 1. The van der Waals surface area contributed by atoms with Gasteiger partial charge in [-0.2, -0.15) is 0 Å². The number of halogens is 1. The Kier molecular flexibility index (Phi) is 6.72. The van der Waals surface area contributed by atoms with E-state index in [0.717, 1.165) is 37.3 Å². The maximum atomic E-state index is 13.5. The summed E-state index contributed by atoms with van der Waals surface area (Å²) in [6.07, 6.45) is 3.82. The van der Waals surface area contributed by atoms with Gasteiger partial charge in [0.25, 0.3) is 0 Å². The highest BCUT2D eigenvalue weighted by Crippen LogP contribution is 2.42. The minimum atomic E-state index is -0.219. The second-order valence-electron chi connectivity index (χ2n) is 9.88. The molecule has 2 aromatic rings. The smallest absolute Gasteiger partial charge is 0.231 e. The number of nitrogens with one attached hydrogen (secondary N) is 1. The highest BCUT2D eigenvalue weighted by Gasteiger charge is 2.37. The molecule has 0 bridgehead atoms. The molecule has 1 N–H and O–H groups in total. The Bertz CT molecular complexity index is 951. The minimum Gasteiger partial charge on any atom is -0.353 e. The van der Waals surface area contributed by atoms with Crippen molar-refractivity contribution in [1.82, 2.24) is 20.2 Å². The van der Waals surface area contributed by atoms with E-state index in [9.17, 15) is 4.79 Å². The summed E-state index contributed by atoms with van der Waals surface area (Å²) in [5, 5.41) is 4.13. The largest absolute Gasteiger partial charge is 0.353 e. The minimum absolute atomic E-state index is 0.0983. The molecule has 2 heterocycles. The highest BCUT2D eigenvalue weighted by atomic mass is 35.5. The lowest BCUT2D eigenvalue weighted by molar-refractivity contribution is -0.133. The molecule has 7 heteroatoms. The van der Waals surface area contributed by atoms with Crippen molar-refractivity contribution < 1.29 is 4.79 Å². The van der Waals surface area contributed by atoms with Crippen molar-refractivity contribution in [2.24, 2.45) is 0 Å². The highest BCUT2D eigenvalue weighted by molar-refractivity contribution is 6.30. The van der Waals surface area contributed by atoms with Crippen LogP contribution in [0, 0.1) is 0 Å². The number of nitrogens with zero attached hydrogens (tertiary/aromatic N) is 4. The van der Waals surface area contributed by atoms with Gasteiger partial charge in [0.05, 0.1) is 5.92 Å². The summed E-state index contributed by atoms with van der Waals surface area (Å²) < 4.78 is 0. The molecule has 6 nitrogen and oxygen atoms in total. The van der Waals surface area contributed by atoms with Crippen LogP contribution < -0.4 is 10.2 Å². The van der Waals surface area contributed by atoms with Crippen LogP contribution in [0.5, 0.6) is 0 Å². The normalized spacial score (nSPS) is 18.7. The molecule has 1 aliphatic heterocycles. The first-order valence-corrected chi connectivity index (χ1v) is 12.0. The average Bonchev–Trinajstić information content (AvgIpc) is 3.10. The summed E-state index contributed by atoms with van der Waals surface area (Å²) in [7, 11) is 0. The second-order valence-corrected chi connectivity index (χ2v) is 10.3. The molecule has 1 amide bonds. The summed E-state index contributed by atoms with van der Waals surface area (Å²) in [5.74, 6) is 1.01. The van der Waals surface area contributed by atoms with E-state index < -0.39 is 0 Å². The van der Waals surface area contributed by atoms with E-state index in [1.807, 2.05) is 29.2 Å². The number of hydrogen-bond acceptors (Lipinski definition) is 5. The number of fused-ring (bicyclic) bond motifs is 1. The van der Waals surface area contributed by atoms with E-state index >= 15 is 0 Å². The number of rotatable bonds is 6. The molecule has 0 saturated carbocycles. The first kappa shape index (κ1) is 23.0. The molecule has 0 radical (unpaired) electrons. The Labute approximate surface area is 196 Å². The molecule has 1 atom stereocenters. The number of aryl methyl sites for hydroxylation is 1. The lowest BCUT2D eigenvalue weighted by atomic mass is 9.87. The van der Waals surface area contributed by atoms with Crippen LogP contribution in [-0.2, 0) is 16.6 Å². The topological polar surface area (TPSA) is 61.4 Å². The van der Waals surface area contributed by atoms with Crippen molar-refractivity contribution in [2.45, 2.75) is 57.9 Å². The maximum absolute atomic E-state index is 13.5. The maximum Gasteiger partial charge on any atom is 0.231 e. The van der Waals surface area contributed by atoms with Crippen LogP contribution in [-0.4, -0.2) is 59.5 Å². The number of piperazine rings is 1. The number of carbonyl (C=O) groups is 1. The van der Waals surface area contributed by atoms with Gasteiger partial charge in [0, 0.05) is 55.0 Å². The Balaban J connectivity index is 1.48. The van der Waals surface area contributed by atoms with Crippen molar-refractivity contribution in [3.8, 4) is 0 Å². The van der Waals surface area contributed by atoms with Crippen LogP contribution in [0.25, 0.3) is 0 Å². The number of hydrogen-bond donors (Lipinski definition) is 1. The number of aromatic nitrogens is 2. The van der Waals surface area contributed by atoms with E-state index in [-0.39, 0.29) is 17.2 Å². The monoisotopic (exact) mass is 455 g/mol. The van der Waals surface area contributed by atoms with Crippen LogP contribution in [0.15, 0.2) is 30.6 Å². The molecule has 172 valence electrons. The van der Waals surface area contributed by atoms with Gasteiger partial charge >= 0.3 is 0 Å². The van der Waals surface area contributed by atoms with Crippen LogP contribution in [0.3, 0.4) is 0 Å². The zero-order valence-corrected chi connectivity index (χ0v) is 20.3. The van der Waals surface area contributed by atoms with E-state index in [1.165, 1.54) is 11.3 Å². The van der Waals surface area contributed by atoms with Crippen LogP contribution in [0.4, 0.5) is 5.82 Å². The van der Waals surface area contributed by atoms with Crippen molar-refractivity contribution in [3.63, 3.8) is 0 Å². The molecule has 1 fully saturated rings. The van der Waals surface area contributed by atoms with Gasteiger partial charge in [0.1, 0.15) is 12.1 Å². The fraction of sp³-hybridized carbons (Fsp3) is 0.560. The Morgan fingerprint density at radius 1 is 1.12 bits per heavy atom. The molecule has 1 aromatic carbocycles. The van der Waals surface area contributed by atoms with Crippen LogP contribution in [0.1, 0.15) is 56.9 Å². The number of carbonyl (C=O) groups excluding carboxylic acids is 1. The Hall–Kier alpha value is -2.18. The van der Waals surface area contributed by atoms with Gasteiger partial charge in [-0.25, -0.2) is 9.97 Å². The van der Waals surface area contributed by atoms with Crippen LogP contribution >= 0.6 is 11.6 Å².